The number of aliphatic hydroxyl groups excluding tert-OH is 1. The van der Waals surface area contributed by atoms with E-state index in [2.05, 4.69) is 5.32 Å². The van der Waals surface area contributed by atoms with E-state index in [9.17, 15) is 27.9 Å². The number of anilines is 1. The van der Waals surface area contributed by atoms with E-state index in [1.54, 1.807) is 31.2 Å². The van der Waals surface area contributed by atoms with E-state index in [4.69, 9.17) is 11.6 Å². The number of carbonyl (C=O) groups excluding carboxylic acids is 1. The first kappa shape index (κ1) is 21.9. The third-order valence-electron chi connectivity index (χ3n) is 4.69. The molecule has 0 aliphatic rings. The molecule has 1 aromatic heterocycles. The van der Waals surface area contributed by atoms with Crippen molar-refractivity contribution in [1.82, 2.24) is 4.57 Å². The van der Waals surface area contributed by atoms with E-state index in [1.165, 1.54) is 16.8 Å². The molecule has 0 aliphatic heterocycles. The number of rotatable bonds is 5. The first-order valence-electron chi connectivity index (χ1n) is 9.02. The summed E-state index contributed by atoms with van der Waals surface area (Å²) < 4.78 is 40.4. The van der Waals surface area contributed by atoms with Crippen LogP contribution < -0.4 is 10.9 Å². The van der Waals surface area contributed by atoms with Gasteiger partial charge in [0.15, 0.2) is 0 Å². The van der Waals surface area contributed by atoms with Gasteiger partial charge in [-0.2, -0.15) is 13.2 Å². The largest absolute Gasteiger partial charge is 0.417 e. The van der Waals surface area contributed by atoms with Gasteiger partial charge in [-0.15, -0.1) is 0 Å². The van der Waals surface area contributed by atoms with Gasteiger partial charge in [0.2, 0.25) is 5.91 Å². The van der Waals surface area contributed by atoms with Crippen LogP contribution in [0.4, 0.5) is 18.9 Å². The van der Waals surface area contributed by atoms with Gasteiger partial charge in [-0.1, -0.05) is 23.7 Å². The number of nitrogens with one attached hydrogen (secondary N) is 1. The highest BCUT2D eigenvalue weighted by molar-refractivity contribution is 6.31. The monoisotopic (exact) mass is 438 g/mol. The second kappa shape index (κ2) is 8.49. The highest BCUT2D eigenvalue weighted by Gasteiger charge is 2.33. The first-order chi connectivity index (χ1) is 14.1. The van der Waals surface area contributed by atoms with Gasteiger partial charge in [0.25, 0.3) is 5.56 Å². The zero-order valence-corrected chi connectivity index (χ0v) is 16.6. The maximum Gasteiger partial charge on any atom is 0.417 e. The van der Waals surface area contributed by atoms with Crippen LogP contribution in [-0.2, 0) is 17.4 Å². The predicted octanol–water partition coefficient (Wildman–Crippen LogP) is 4.41. The number of nitrogens with zero attached hydrogens (tertiary/aromatic N) is 1. The molecule has 0 spiro atoms. The minimum absolute atomic E-state index is 0.156. The van der Waals surface area contributed by atoms with Crippen LogP contribution in [-0.4, -0.2) is 22.2 Å². The molecule has 0 radical (unpaired) electrons. The zero-order valence-electron chi connectivity index (χ0n) is 15.8. The van der Waals surface area contributed by atoms with Gasteiger partial charge in [-0.05, 0) is 42.8 Å². The molecule has 0 aliphatic carbocycles. The summed E-state index contributed by atoms with van der Waals surface area (Å²) in [6.07, 6.45) is -3.39. The van der Waals surface area contributed by atoms with Crippen LogP contribution in [0.25, 0.3) is 10.8 Å². The molecule has 2 aromatic carbocycles. The molecule has 1 heterocycles. The van der Waals surface area contributed by atoms with Gasteiger partial charge >= 0.3 is 6.18 Å². The number of aromatic nitrogens is 1. The van der Waals surface area contributed by atoms with Crippen LogP contribution in [0.3, 0.4) is 0 Å². The number of alkyl halides is 3. The second-order valence-corrected chi connectivity index (χ2v) is 7.27. The molecule has 0 bridgehead atoms. The van der Waals surface area contributed by atoms with Gasteiger partial charge in [0, 0.05) is 22.7 Å². The number of halogens is 4. The number of benzene rings is 2. The van der Waals surface area contributed by atoms with Crippen molar-refractivity contribution < 1.29 is 23.1 Å². The Labute approximate surface area is 174 Å². The van der Waals surface area contributed by atoms with E-state index in [1.807, 2.05) is 0 Å². The molecule has 158 valence electrons. The lowest BCUT2D eigenvalue weighted by molar-refractivity contribution is -0.137. The molecule has 30 heavy (non-hydrogen) atoms. The van der Waals surface area contributed by atoms with E-state index in [0.717, 1.165) is 12.1 Å². The third kappa shape index (κ3) is 4.49. The summed E-state index contributed by atoms with van der Waals surface area (Å²) in [5.41, 5.74) is -0.803. The van der Waals surface area contributed by atoms with Crippen LogP contribution in [0.1, 0.15) is 24.1 Å². The molecule has 1 amide bonds. The number of hydrogen-bond acceptors (Lipinski definition) is 3. The fraction of sp³-hybridized carbons (Fsp3) is 0.238. The maximum absolute atomic E-state index is 13.0. The van der Waals surface area contributed by atoms with Crippen molar-refractivity contribution in [3.05, 3.63) is 75.2 Å². The quantitative estimate of drug-likeness (QED) is 0.620. The summed E-state index contributed by atoms with van der Waals surface area (Å²) in [6, 6.07) is 9.34. The summed E-state index contributed by atoms with van der Waals surface area (Å²) in [5.74, 6) is -0.536. The second-order valence-electron chi connectivity index (χ2n) is 6.86. The molecule has 5 nitrogen and oxygen atoms in total. The SMILES string of the molecule is CC(CO)n1ccc2c(NC(=O)Cc3ccc(Cl)c(C(F)(F)F)c3)cccc2c1=O. The van der Waals surface area contributed by atoms with Gasteiger partial charge in [0.1, 0.15) is 0 Å². The topological polar surface area (TPSA) is 71.3 Å². The van der Waals surface area contributed by atoms with Crippen molar-refractivity contribution in [2.75, 3.05) is 11.9 Å². The van der Waals surface area contributed by atoms with Gasteiger partial charge in [-0.3, -0.25) is 9.59 Å². The predicted molar refractivity (Wildman–Crippen MR) is 109 cm³/mol. The smallest absolute Gasteiger partial charge is 0.394 e. The van der Waals surface area contributed by atoms with Crippen LogP contribution in [0.15, 0.2) is 53.5 Å². The molecule has 9 heteroatoms. The molecule has 1 unspecified atom stereocenters. The lowest BCUT2D eigenvalue weighted by Crippen LogP contribution is -2.25. The minimum Gasteiger partial charge on any atom is -0.394 e. The van der Waals surface area contributed by atoms with Crippen molar-refractivity contribution in [2.24, 2.45) is 0 Å². The zero-order chi connectivity index (χ0) is 22.1. The van der Waals surface area contributed by atoms with Crippen molar-refractivity contribution >= 4 is 34.0 Å². The van der Waals surface area contributed by atoms with Crippen LogP contribution >= 0.6 is 11.6 Å². The Balaban J connectivity index is 1.87. The summed E-state index contributed by atoms with van der Waals surface area (Å²) in [6.45, 7) is 1.49. The number of pyridine rings is 1. The van der Waals surface area contributed by atoms with Crippen molar-refractivity contribution in [3.8, 4) is 0 Å². The van der Waals surface area contributed by atoms with Gasteiger partial charge < -0.3 is 15.0 Å². The van der Waals surface area contributed by atoms with Crippen molar-refractivity contribution in [2.45, 2.75) is 25.6 Å². The molecular weight excluding hydrogens is 421 g/mol. The number of hydrogen-bond donors (Lipinski definition) is 2. The number of carbonyl (C=O) groups is 1. The first-order valence-corrected chi connectivity index (χ1v) is 9.40. The lowest BCUT2D eigenvalue weighted by atomic mass is 10.1. The molecule has 0 saturated carbocycles. The van der Waals surface area contributed by atoms with Crippen LogP contribution in [0.5, 0.6) is 0 Å². The standard InChI is InChI=1S/C21H18ClF3N2O3/c1-12(11-28)27-8-7-14-15(20(27)30)3-2-4-18(14)26-19(29)10-13-5-6-17(22)16(9-13)21(23,24)25/h2-9,12,28H,10-11H2,1H3,(H,26,29). The Bertz CT molecular complexity index is 1160. The van der Waals surface area contributed by atoms with Crippen LogP contribution in [0.2, 0.25) is 5.02 Å². The molecular formula is C21H18ClF3N2O3. The normalized spacial score (nSPS) is 12.7. The third-order valence-corrected chi connectivity index (χ3v) is 5.02. The van der Waals surface area contributed by atoms with E-state index >= 15 is 0 Å². The van der Waals surface area contributed by atoms with Crippen LogP contribution in [0, 0.1) is 0 Å². The Kier molecular flexibility index (Phi) is 6.19. The summed E-state index contributed by atoms with van der Waals surface area (Å²) >= 11 is 5.60. The summed E-state index contributed by atoms with van der Waals surface area (Å²) in [7, 11) is 0. The highest BCUT2D eigenvalue weighted by atomic mass is 35.5. The van der Waals surface area contributed by atoms with E-state index in [0.29, 0.717) is 16.5 Å². The molecule has 2 N–H and O–H groups in total. The maximum atomic E-state index is 13.0. The molecule has 1 atom stereocenters. The van der Waals surface area contributed by atoms with Gasteiger partial charge in [0.05, 0.1) is 29.7 Å². The average molecular weight is 439 g/mol. The van der Waals surface area contributed by atoms with Crippen molar-refractivity contribution in [1.29, 1.82) is 0 Å². The fourth-order valence-electron chi connectivity index (χ4n) is 3.12. The summed E-state index contributed by atoms with van der Waals surface area (Å²) in [4.78, 5) is 25.1. The average Bonchev–Trinajstić information content (AvgIpc) is 2.69. The molecule has 3 aromatic rings. The number of fused-ring (bicyclic) bond motifs is 1. The minimum atomic E-state index is -4.62. The summed E-state index contributed by atoms with van der Waals surface area (Å²) in [5, 5.41) is 12.3. The Morgan fingerprint density at radius 2 is 1.93 bits per heavy atom. The fourth-order valence-corrected chi connectivity index (χ4v) is 3.34. The molecule has 0 fully saturated rings. The van der Waals surface area contributed by atoms with E-state index < -0.39 is 28.7 Å². The Hall–Kier alpha value is -2.84. The number of aliphatic hydroxyl groups is 1. The highest BCUT2D eigenvalue weighted by Crippen LogP contribution is 2.35. The van der Waals surface area contributed by atoms with E-state index in [-0.39, 0.29) is 24.2 Å². The lowest BCUT2D eigenvalue weighted by Gasteiger charge is -2.15. The Morgan fingerprint density at radius 1 is 1.20 bits per heavy atom. The van der Waals surface area contributed by atoms with Gasteiger partial charge in [-0.25, -0.2) is 0 Å². The Morgan fingerprint density at radius 3 is 2.60 bits per heavy atom. The number of amides is 1. The molecule has 0 saturated heterocycles. The molecule has 3 rings (SSSR count). The van der Waals surface area contributed by atoms with Crippen molar-refractivity contribution in [3.63, 3.8) is 0 Å².